The molecule has 0 fully saturated rings. The Labute approximate surface area is 135 Å². The number of ether oxygens (including phenoxy) is 1. The van der Waals surface area contributed by atoms with Crippen LogP contribution in [0.25, 0.3) is 0 Å². The van der Waals surface area contributed by atoms with Crippen LogP contribution in [-0.2, 0) is 5.41 Å². The summed E-state index contributed by atoms with van der Waals surface area (Å²) in [5.41, 5.74) is 0.890. The van der Waals surface area contributed by atoms with E-state index in [1.54, 1.807) is 37.3 Å². The van der Waals surface area contributed by atoms with Crippen molar-refractivity contribution in [1.29, 1.82) is 0 Å². The molecule has 2 rings (SSSR count). The van der Waals surface area contributed by atoms with Gasteiger partial charge in [0.15, 0.2) is 0 Å². The topological polar surface area (TPSA) is 46.5 Å². The van der Waals surface area contributed by atoms with Crippen LogP contribution in [0.3, 0.4) is 0 Å². The fourth-order valence-corrected chi connectivity index (χ4v) is 2.41. The number of carbonyl (C=O) groups is 1. The highest BCUT2D eigenvalue weighted by atomic mass is 35.5. The first-order chi connectivity index (χ1) is 10.2. The number of phenolic OH excluding ortho intramolecular Hbond substituents is 1. The van der Waals surface area contributed by atoms with Crippen molar-refractivity contribution in [2.24, 2.45) is 0 Å². The SMILES string of the molecule is Cc1c(Cl)cc(C(C)(C)C)c(O)c1C(=O)Oc1ccccc1. The molecule has 0 aliphatic carbocycles. The molecule has 0 saturated heterocycles. The van der Waals surface area contributed by atoms with Crippen LogP contribution >= 0.6 is 11.6 Å². The first-order valence-corrected chi connectivity index (χ1v) is 7.39. The second kappa shape index (κ2) is 6.01. The monoisotopic (exact) mass is 318 g/mol. The van der Waals surface area contributed by atoms with Crippen LogP contribution in [0.2, 0.25) is 5.02 Å². The van der Waals surface area contributed by atoms with Gasteiger partial charge >= 0.3 is 5.97 Å². The zero-order valence-corrected chi connectivity index (χ0v) is 13.9. The third kappa shape index (κ3) is 3.25. The van der Waals surface area contributed by atoms with Crippen LogP contribution < -0.4 is 4.74 Å². The Bertz CT molecular complexity index is 701. The molecular weight excluding hydrogens is 300 g/mol. The van der Waals surface area contributed by atoms with Crippen LogP contribution in [0.5, 0.6) is 11.5 Å². The van der Waals surface area contributed by atoms with Crippen LogP contribution in [0, 0.1) is 6.92 Å². The molecule has 3 nitrogen and oxygen atoms in total. The Kier molecular flexibility index (Phi) is 4.47. The van der Waals surface area contributed by atoms with E-state index >= 15 is 0 Å². The lowest BCUT2D eigenvalue weighted by Crippen LogP contribution is -2.17. The summed E-state index contributed by atoms with van der Waals surface area (Å²) in [5, 5.41) is 11.0. The molecular formula is C18H19ClO3. The van der Waals surface area contributed by atoms with Crippen molar-refractivity contribution in [3.8, 4) is 11.5 Å². The maximum atomic E-state index is 12.4. The Hall–Kier alpha value is -2.00. The molecule has 2 aromatic rings. The number of phenols is 1. The highest BCUT2D eigenvalue weighted by Gasteiger charge is 2.27. The highest BCUT2D eigenvalue weighted by Crippen LogP contribution is 2.38. The van der Waals surface area contributed by atoms with Gasteiger partial charge in [0.05, 0.1) is 0 Å². The van der Waals surface area contributed by atoms with Gasteiger partial charge in [0.2, 0.25) is 0 Å². The molecule has 2 aromatic carbocycles. The largest absolute Gasteiger partial charge is 0.507 e. The number of rotatable bonds is 2. The van der Waals surface area contributed by atoms with E-state index < -0.39 is 5.97 Å². The maximum Gasteiger partial charge on any atom is 0.347 e. The average Bonchev–Trinajstić information content (AvgIpc) is 2.43. The Morgan fingerprint density at radius 2 is 1.77 bits per heavy atom. The van der Waals surface area contributed by atoms with Gasteiger partial charge in [-0.2, -0.15) is 0 Å². The first-order valence-electron chi connectivity index (χ1n) is 7.01. The number of benzene rings is 2. The van der Waals surface area contributed by atoms with Gasteiger partial charge in [-0.05, 0) is 36.1 Å². The molecule has 0 aliphatic heterocycles. The summed E-state index contributed by atoms with van der Waals surface area (Å²) in [5.74, 6) is -0.270. The maximum absolute atomic E-state index is 12.4. The van der Waals surface area contributed by atoms with Gasteiger partial charge in [-0.25, -0.2) is 4.79 Å². The molecule has 4 heteroatoms. The standard InChI is InChI=1S/C18H19ClO3/c1-11-14(19)10-13(18(2,3)4)16(20)15(11)17(21)22-12-8-6-5-7-9-12/h5-10,20H,1-4H3. The molecule has 0 heterocycles. The van der Waals surface area contributed by atoms with Gasteiger partial charge in [-0.15, -0.1) is 0 Å². The van der Waals surface area contributed by atoms with Crippen molar-refractivity contribution in [1.82, 2.24) is 0 Å². The van der Waals surface area contributed by atoms with Gasteiger partial charge < -0.3 is 9.84 Å². The molecule has 0 spiro atoms. The van der Waals surface area contributed by atoms with Gasteiger partial charge in [0, 0.05) is 10.6 Å². The predicted molar refractivity (Wildman–Crippen MR) is 88.0 cm³/mol. The average molecular weight is 319 g/mol. The zero-order valence-electron chi connectivity index (χ0n) is 13.1. The normalized spacial score (nSPS) is 11.3. The number of halogens is 1. The number of para-hydroxylation sites is 1. The molecule has 1 N–H and O–H groups in total. The number of hydrogen-bond acceptors (Lipinski definition) is 3. The van der Waals surface area contributed by atoms with Gasteiger partial charge in [0.25, 0.3) is 0 Å². The summed E-state index contributed by atoms with van der Waals surface area (Å²) in [6.07, 6.45) is 0. The Balaban J connectivity index is 2.50. The lowest BCUT2D eigenvalue weighted by molar-refractivity contribution is 0.0730. The minimum Gasteiger partial charge on any atom is -0.507 e. The van der Waals surface area contributed by atoms with E-state index in [0.29, 0.717) is 21.9 Å². The molecule has 0 aromatic heterocycles. The third-order valence-electron chi connectivity index (χ3n) is 3.46. The van der Waals surface area contributed by atoms with Crippen LogP contribution in [-0.4, -0.2) is 11.1 Å². The van der Waals surface area contributed by atoms with Crippen LogP contribution in [0.15, 0.2) is 36.4 Å². The van der Waals surface area contributed by atoms with Gasteiger partial charge in [0.1, 0.15) is 17.1 Å². The molecule has 0 aliphatic rings. The molecule has 0 saturated carbocycles. The van der Waals surface area contributed by atoms with Crippen molar-refractivity contribution in [2.45, 2.75) is 33.1 Å². The molecule has 116 valence electrons. The fraction of sp³-hybridized carbons (Fsp3) is 0.278. The zero-order chi connectivity index (χ0) is 16.5. The lowest BCUT2D eigenvalue weighted by atomic mass is 9.84. The number of esters is 1. The van der Waals surface area contributed by atoms with Crippen LogP contribution in [0.4, 0.5) is 0 Å². The minimum absolute atomic E-state index is 0.0738. The van der Waals surface area contributed by atoms with Crippen molar-refractivity contribution < 1.29 is 14.6 Å². The summed E-state index contributed by atoms with van der Waals surface area (Å²) in [4.78, 5) is 12.4. The van der Waals surface area contributed by atoms with E-state index in [2.05, 4.69) is 0 Å². The van der Waals surface area contributed by atoms with Gasteiger partial charge in [-0.1, -0.05) is 50.6 Å². The molecule has 0 bridgehead atoms. The lowest BCUT2D eigenvalue weighted by Gasteiger charge is -2.23. The fourth-order valence-electron chi connectivity index (χ4n) is 2.20. The van der Waals surface area contributed by atoms with Crippen molar-refractivity contribution in [2.75, 3.05) is 0 Å². The smallest absolute Gasteiger partial charge is 0.347 e. The van der Waals surface area contributed by atoms with Crippen molar-refractivity contribution >= 4 is 17.6 Å². The van der Waals surface area contributed by atoms with Crippen molar-refractivity contribution in [3.05, 3.63) is 58.1 Å². The van der Waals surface area contributed by atoms with E-state index in [9.17, 15) is 9.90 Å². The van der Waals surface area contributed by atoms with E-state index in [0.717, 1.165) is 0 Å². The number of aromatic hydroxyl groups is 1. The Morgan fingerprint density at radius 3 is 2.32 bits per heavy atom. The van der Waals surface area contributed by atoms with Crippen molar-refractivity contribution in [3.63, 3.8) is 0 Å². The van der Waals surface area contributed by atoms with E-state index in [1.807, 2.05) is 26.8 Å². The molecule has 0 radical (unpaired) electrons. The molecule has 22 heavy (non-hydrogen) atoms. The second-order valence-electron chi connectivity index (χ2n) is 6.21. The first kappa shape index (κ1) is 16.4. The van der Waals surface area contributed by atoms with E-state index in [-0.39, 0.29) is 16.7 Å². The minimum atomic E-state index is -0.616. The van der Waals surface area contributed by atoms with Gasteiger partial charge in [-0.3, -0.25) is 0 Å². The van der Waals surface area contributed by atoms with E-state index in [4.69, 9.17) is 16.3 Å². The Morgan fingerprint density at radius 1 is 1.18 bits per heavy atom. The quantitative estimate of drug-likeness (QED) is 0.634. The molecule has 0 amide bonds. The molecule has 0 unspecified atom stereocenters. The summed E-state index contributed by atoms with van der Waals surface area (Å²) in [6.45, 7) is 7.52. The summed E-state index contributed by atoms with van der Waals surface area (Å²) in [6, 6.07) is 10.4. The predicted octanol–water partition coefficient (Wildman–Crippen LogP) is 4.87. The second-order valence-corrected chi connectivity index (χ2v) is 6.61. The summed E-state index contributed by atoms with van der Waals surface area (Å²) >= 11 is 6.23. The van der Waals surface area contributed by atoms with E-state index in [1.165, 1.54) is 0 Å². The summed E-state index contributed by atoms with van der Waals surface area (Å²) < 4.78 is 5.33. The number of carbonyl (C=O) groups excluding carboxylic acids is 1. The van der Waals surface area contributed by atoms with Crippen LogP contribution in [0.1, 0.15) is 42.3 Å². The number of hydrogen-bond donors (Lipinski definition) is 1. The third-order valence-corrected chi connectivity index (χ3v) is 3.85. The molecule has 0 atom stereocenters. The summed E-state index contributed by atoms with van der Waals surface area (Å²) in [7, 11) is 0. The highest BCUT2D eigenvalue weighted by molar-refractivity contribution is 6.32.